The summed E-state index contributed by atoms with van der Waals surface area (Å²) in [5.41, 5.74) is 0.287. The van der Waals surface area contributed by atoms with Gasteiger partial charge in [-0.1, -0.05) is 11.6 Å². The first kappa shape index (κ1) is 12.6. The molecule has 0 saturated carbocycles. The molecule has 92 valence electrons. The fourth-order valence-corrected chi connectivity index (χ4v) is 2.38. The Labute approximate surface area is 109 Å². The van der Waals surface area contributed by atoms with Gasteiger partial charge in [0.25, 0.3) is 0 Å². The van der Waals surface area contributed by atoms with Gasteiger partial charge in [-0.05, 0) is 6.26 Å². The number of aldehydes is 1. The number of anilines is 1. The predicted molar refractivity (Wildman–Crippen MR) is 67.2 cm³/mol. The highest BCUT2D eigenvalue weighted by Crippen LogP contribution is 2.26. The van der Waals surface area contributed by atoms with E-state index in [9.17, 15) is 4.79 Å². The van der Waals surface area contributed by atoms with Gasteiger partial charge in [0.2, 0.25) is 0 Å². The van der Waals surface area contributed by atoms with Gasteiger partial charge in [0.1, 0.15) is 10.7 Å². The Bertz CT molecular complexity index is 424. The second-order valence-corrected chi connectivity index (χ2v) is 4.60. The fraction of sp³-hybridized carbons (Fsp3) is 0.500. The maximum atomic E-state index is 11.0. The lowest BCUT2D eigenvalue weighted by Gasteiger charge is -2.28. The van der Waals surface area contributed by atoms with E-state index in [0.717, 1.165) is 0 Å². The molecule has 1 aromatic rings. The number of carbonyl (C=O) groups excluding carboxylic acids is 1. The average Bonchev–Trinajstić information content (AvgIpc) is 2.39. The molecule has 0 N–H and O–H groups in total. The Balaban J connectivity index is 2.39. The van der Waals surface area contributed by atoms with Crippen LogP contribution in [0.3, 0.4) is 0 Å². The molecule has 0 amide bonds. The Morgan fingerprint density at radius 3 is 2.71 bits per heavy atom. The van der Waals surface area contributed by atoms with Crippen LogP contribution in [0.5, 0.6) is 0 Å². The van der Waals surface area contributed by atoms with Gasteiger partial charge in [-0.25, -0.2) is 9.97 Å². The first-order chi connectivity index (χ1) is 8.26. The number of halogens is 1. The molecule has 1 aliphatic rings. The molecule has 17 heavy (non-hydrogen) atoms. The average molecular weight is 274 g/mol. The summed E-state index contributed by atoms with van der Waals surface area (Å²) >= 11 is 7.34. The highest BCUT2D eigenvalue weighted by atomic mass is 35.5. The van der Waals surface area contributed by atoms with Crippen molar-refractivity contribution in [1.82, 2.24) is 9.97 Å². The van der Waals surface area contributed by atoms with Crippen molar-refractivity contribution in [3.8, 4) is 0 Å². The summed E-state index contributed by atoms with van der Waals surface area (Å²) in [6.07, 6.45) is 2.56. The first-order valence-corrected chi connectivity index (χ1v) is 6.76. The topological polar surface area (TPSA) is 55.3 Å². The molecule has 0 bridgehead atoms. The first-order valence-electron chi connectivity index (χ1n) is 5.15. The standard InChI is InChI=1S/C10H12ClN3O2S/c1-17-10-8(11)12-7(6-15)9(13-10)14-2-4-16-5-3-14/h6H,2-5H2,1H3. The molecule has 0 radical (unpaired) electrons. The van der Waals surface area contributed by atoms with Crippen molar-refractivity contribution >= 4 is 35.5 Å². The highest BCUT2D eigenvalue weighted by Gasteiger charge is 2.19. The molecule has 7 heteroatoms. The molecular weight excluding hydrogens is 262 g/mol. The van der Waals surface area contributed by atoms with Crippen LogP contribution >= 0.6 is 23.4 Å². The van der Waals surface area contributed by atoms with Gasteiger partial charge in [0.15, 0.2) is 17.3 Å². The third-order valence-electron chi connectivity index (χ3n) is 2.45. The summed E-state index contributed by atoms with van der Waals surface area (Å²) in [6, 6.07) is 0. The van der Waals surface area contributed by atoms with E-state index in [2.05, 4.69) is 9.97 Å². The van der Waals surface area contributed by atoms with Gasteiger partial charge in [-0.2, -0.15) is 0 Å². The number of carbonyl (C=O) groups is 1. The van der Waals surface area contributed by atoms with Crippen molar-refractivity contribution in [2.24, 2.45) is 0 Å². The number of hydrogen-bond donors (Lipinski definition) is 0. The van der Waals surface area contributed by atoms with Crippen LogP contribution < -0.4 is 4.90 Å². The second-order valence-electron chi connectivity index (χ2n) is 3.45. The number of morpholine rings is 1. The van der Waals surface area contributed by atoms with Crippen molar-refractivity contribution < 1.29 is 9.53 Å². The van der Waals surface area contributed by atoms with E-state index in [4.69, 9.17) is 16.3 Å². The normalized spacial score (nSPS) is 16.0. The molecule has 2 heterocycles. The number of rotatable bonds is 3. The molecule has 0 aromatic carbocycles. The minimum Gasteiger partial charge on any atom is -0.378 e. The second kappa shape index (κ2) is 5.66. The fourth-order valence-electron chi connectivity index (χ4n) is 1.62. The third kappa shape index (κ3) is 2.70. The number of aromatic nitrogens is 2. The summed E-state index contributed by atoms with van der Waals surface area (Å²) in [6.45, 7) is 2.70. The van der Waals surface area contributed by atoms with Crippen molar-refractivity contribution in [2.75, 3.05) is 37.5 Å². The number of nitrogens with zero attached hydrogens (tertiary/aromatic N) is 3. The van der Waals surface area contributed by atoms with Crippen LogP contribution in [-0.4, -0.2) is 48.8 Å². The summed E-state index contributed by atoms with van der Waals surface area (Å²) in [7, 11) is 0. The lowest BCUT2D eigenvalue weighted by atomic mass is 10.3. The van der Waals surface area contributed by atoms with Crippen LogP contribution in [0.1, 0.15) is 10.5 Å². The molecule has 1 fully saturated rings. The molecule has 0 unspecified atom stereocenters. The molecular formula is C10H12ClN3O2S. The Kier molecular flexibility index (Phi) is 4.20. The van der Waals surface area contributed by atoms with Gasteiger partial charge < -0.3 is 9.64 Å². The minimum atomic E-state index is 0.275. The maximum Gasteiger partial charge on any atom is 0.172 e. The Hall–Kier alpha value is -0.850. The van der Waals surface area contributed by atoms with Gasteiger partial charge in [0.05, 0.1) is 13.2 Å². The quantitative estimate of drug-likeness (QED) is 0.615. The minimum absolute atomic E-state index is 0.275. The van der Waals surface area contributed by atoms with Gasteiger partial charge >= 0.3 is 0 Å². The zero-order valence-electron chi connectivity index (χ0n) is 9.35. The van der Waals surface area contributed by atoms with E-state index in [0.29, 0.717) is 43.4 Å². The molecule has 1 saturated heterocycles. The maximum absolute atomic E-state index is 11.0. The molecule has 2 rings (SSSR count). The zero-order valence-corrected chi connectivity index (χ0v) is 10.9. The van der Waals surface area contributed by atoms with Crippen molar-refractivity contribution in [1.29, 1.82) is 0 Å². The Morgan fingerprint density at radius 1 is 1.41 bits per heavy atom. The molecule has 5 nitrogen and oxygen atoms in total. The van der Waals surface area contributed by atoms with E-state index in [1.165, 1.54) is 11.8 Å². The van der Waals surface area contributed by atoms with Crippen LogP contribution in [0.2, 0.25) is 5.15 Å². The zero-order chi connectivity index (χ0) is 12.3. The molecule has 0 atom stereocenters. The van der Waals surface area contributed by atoms with E-state index < -0.39 is 0 Å². The van der Waals surface area contributed by atoms with E-state index in [-0.39, 0.29) is 10.8 Å². The SMILES string of the molecule is CSc1nc(N2CCOCC2)c(C=O)nc1Cl. The summed E-state index contributed by atoms with van der Waals surface area (Å²) in [5.74, 6) is 0.594. The van der Waals surface area contributed by atoms with Crippen molar-refractivity contribution in [2.45, 2.75) is 5.03 Å². The van der Waals surface area contributed by atoms with Gasteiger partial charge in [-0.3, -0.25) is 4.79 Å². The van der Waals surface area contributed by atoms with Crippen molar-refractivity contribution in [3.05, 3.63) is 10.8 Å². The number of thioether (sulfide) groups is 1. The predicted octanol–water partition coefficient (Wildman–Crippen LogP) is 1.50. The molecule has 0 aliphatic carbocycles. The smallest absolute Gasteiger partial charge is 0.172 e. The molecule has 1 aromatic heterocycles. The molecule has 1 aliphatic heterocycles. The largest absolute Gasteiger partial charge is 0.378 e. The van der Waals surface area contributed by atoms with E-state index in [1.807, 2.05) is 11.2 Å². The summed E-state index contributed by atoms with van der Waals surface area (Å²) in [4.78, 5) is 21.5. The van der Waals surface area contributed by atoms with Crippen molar-refractivity contribution in [3.63, 3.8) is 0 Å². The molecule has 0 spiro atoms. The van der Waals surface area contributed by atoms with Gasteiger partial charge in [-0.15, -0.1) is 11.8 Å². The van der Waals surface area contributed by atoms with Crippen LogP contribution in [0.4, 0.5) is 5.82 Å². The third-order valence-corrected chi connectivity index (χ3v) is 3.49. The van der Waals surface area contributed by atoms with Crippen LogP contribution in [0, 0.1) is 0 Å². The Morgan fingerprint density at radius 2 is 2.12 bits per heavy atom. The highest BCUT2D eigenvalue weighted by molar-refractivity contribution is 7.98. The van der Waals surface area contributed by atoms with E-state index in [1.54, 1.807) is 0 Å². The van der Waals surface area contributed by atoms with Crippen LogP contribution in [0.25, 0.3) is 0 Å². The van der Waals surface area contributed by atoms with E-state index >= 15 is 0 Å². The van der Waals surface area contributed by atoms with Crippen LogP contribution in [0.15, 0.2) is 5.03 Å². The number of hydrogen-bond acceptors (Lipinski definition) is 6. The summed E-state index contributed by atoms with van der Waals surface area (Å²) in [5, 5.41) is 0.912. The monoisotopic (exact) mass is 273 g/mol. The lowest BCUT2D eigenvalue weighted by Crippen LogP contribution is -2.37. The van der Waals surface area contributed by atoms with Gasteiger partial charge in [0, 0.05) is 13.1 Å². The lowest BCUT2D eigenvalue weighted by molar-refractivity contribution is 0.111. The number of ether oxygens (including phenoxy) is 1. The summed E-state index contributed by atoms with van der Waals surface area (Å²) < 4.78 is 5.27. The van der Waals surface area contributed by atoms with Crippen LogP contribution in [-0.2, 0) is 4.74 Å².